The molecule has 3 amide bonds. The normalized spacial score (nSPS) is 17.0. The second-order valence-electron chi connectivity index (χ2n) is 6.21. The van der Waals surface area contributed by atoms with Crippen LogP contribution in [0.4, 0.5) is 4.79 Å². The molecule has 0 radical (unpaired) electrons. The Morgan fingerprint density at radius 2 is 2.08 bits per heavy atom. The average Bonchev–Trinajstić information content (AvgIpc) is 3.32. The molecule has 3 rings (SSSR count). The van der Waals surface area contributed by atoms with Crippen LogP contribution in [0.2, 0.25) is 0 Å². The number of hydrogen-bond acceptors (Lipinski definition) is 5. The molecule has 1 aliphatic rings. The van der Waals surface area contributed by atoms with Gasteiger partial charge in [-0.15, -0.1) is 0 Å². The van der Waals surface area contributed by atoms with Crippen molar-refractivity contribution in [2.24, 2.45) is 0 Å². The van der Waals surface area contributed by atoms with Gasteiger partial charge in [-0.3, -0.25) is 15.0 Å². The van der Waals surface area contributed by atoms with Crippen molar-refractivity contribution in [3.63, 3.8) is 0 Å². The van der Waals surface area contributed by atoms with Crippen LogP contribution in [0.3, 0.4) is 0 Å². The Labute approximate surface area is 152 Å². The SMILES string of the molecule is COc1ccc([C@@H]2CCCN2CC(=O)NC(=O)NCc2ccco2)cc1. The van der Waals surface area contributed by atoms with Gasteiger partial charge in [-0.25, -0.2) is 4.79 Å². The Kier molecular flexibility index (Phi) is 5.91. The lowest BCUT2D eigenvalue weighted by molar-refractivity contribution is -0.121. The van der Waals surface area contributed by atoms with Crippen LogP contribution in [-0.4, -0.2) is 37.0 Å². The van der Waals surface area contributed by atoms with E-state index in [2.05, 4.69) is 15.5 Å². The number of furan rings is 1. The smallest absolute Gasteiger partial charge is 0.321 e. The summed E-state index contributed by atoms with van der Waals surface area (Å²) in [6, 6.07) is 11.1. The van der Waals surface area contributed by atoms with Crippen LogP contribution in [0.25, 0.3) is 0 Å². The number of benzene rings is 1. The van der Waals surface area contributed by atoms with Gasteiger partial charge in [-0.05, 0) is 49.2 Å². The molecular weight excluding hydrogens is 334 g/mol. The second kappa shape index (κ2) is 8.53. The number of nitrogens with zero attached hydrogens (tertiary/aromatic N) is 1. The molecule has 26 heavy (non-hydrogen) atoms. The summed E-state index contributed by atoms with van der Waals surface area (Å²) in [5.74, 6) is 1.12. The molecule has 2 aromatic rings. The molecule has 1 aliphatic heterocycles. The van der Waals surface area contributed by atoms with Crippen LogP contribution in [0.15, 0.2) is 47.1 Å². The van der Waals surface area contributed by atoms with Crippen LogP contribution < -0.4 is 15.4 Å². The third-order valence-electron chi connectivity index (χ3n) is 4.47. The van der Waals surface area contributed by atoms with Crippen LogP contribution >= 0.6 is 0 Å². The van der Waals surface area contributed by atoms with E-state index in [0.717, 1.165) is 30.7 Å². The van der Waals surface area contributed by atoms with E-state index in [0.29, 0.717) is 5.76 Å². The maximum atomic E-state index is 12.2. The summed E-state index contributed by atoms with van der Waals surface area (Å²) in [5.41, 5.74) is 1.15. The summed E-state index contributed by atoms with van der Waals surface area (Å²) in [4.78, 5) is 26.1. The average molecular weight is 357 g/mol. The number of rotatable bonds is 6. The fourth-order valence-electron chi connectivity index (χ4n) is 3.19. The molecule has 2 N–H and O–H groups in total. The number of methoxy groups -OCH3 is 1. The highest BCUT2D eigenvalue weighted by Crippen LogP contribution is 2.32. The van der Waals surface area contributed by atoms with Gasteiger partial charge in [-0.1, -0.05) is 12.1 Å². The number of hydrogen-bond donors (Lipinski definition) is 2. The van der Waals surface area contributed by atoms with Crippen molar-refractivity contribution in [2.75, 3.05) is 20.2 Å². The standard InChI is InChI=1S/C19H23N3O4/c1-25-15-8-6-14(7-9-15)17-5-2-10-22(17)13-18(23)21-19(24)20-12-16-4-3-11-26-16/h3-4,6-9,11,17H,2,5,10,12-13H2,1H3,(H2,20,21,23,24)/t17-/m0/s1. The third-order valence-corrected chi connectivity index (χ3v) is 4.47. The maximum Gasteiger partial charge on any atom is 0.321 e. The summed E-state index contributed by atoms with van der Waals surface area (Å²) in [6.07, 6.45) is 3.55. The first-order valence-corrected chi connectivity index (χ1v) is 8.64. The largest absolute Gasteiger partial charge is 0.497 e. The van der Waals surface area contributed by atoms with Crippen molar-refractivity contribution in [1.29, 1.82) is 0 Å². The first-order chi connectivity index (χ1) is 12.7. The van der Waals surface area contributed by atoms with Crippen LogP contribution in [0, 0.1) is 0 Å². The number of carbonyl (C=O) groups excluding carboxylic acids is 2. The fourth-order valence-corrected chi connectivity index (χ4v) is 3.19. The number of nitrogens with one attached hydrogen (secondary N) is 2. The molecule has 1 aromatic heterocycles. The Morgan fingerprint density at radius 3 is 2.77 bits per heavy atom. The highest BCUT2D eigenvalue weighted by molar-refractivity contribution is 5.95. The van der Waals surface area contributed by atoms with Crippen molar-refractivity contribution in [1.82, 2.24) is 15.5 Å². The summed E-state index contributed by atoms with van der Waals surface area (Å²) in [6.45, 7) is 1.26. The quantitative estimate of drug-likeness (QED) is 0.830. The number of amides is 3. The molecule has 1 aromatic carbocycles. The van der Waals surface area contributed by atoms with Crippen molar-refractivity contribution in [3.8, 4) is 5.75 Å². The lowest BCUT2D eigenvalue weighted by Crippen LogP contribution is -2.44. The number of urea groups is 1. The monoisotopic (exact) mass is 357 g/mol. The molecule has 0 saturated carbocycles. The van der Waals surface area contributed by atoms with Crippen LogP contribution in [0.5, 0.6) is 5.75 Å². The Bertz CT molecular complexity index is 728. The first-order valence-electron chi connectivity index (χ1n) is 8.64. The highest BCUT2D eigenvalue weighted by atomic mass is 16.5. The molecule has 0 bridgehead atoms. The molecule has 1 atom stereocenters. The Hall–Kier alpha value is -2.80. The molecule has 0 unspecified atom stereocenters. The van der Waals surface area contributed by atoms with Gasteiger partial charge >= 0.3 is 6.03 Å². The predicted molar refractivity (Wildman–Crippen MR) is 95.6 cm³/mol. The molecule has 7 heteroatoms. The van der Waals surface area contributed by atoms with Gasteiger partial charge < -0.3 is 14.5 Å². The lowest BCUT2D eigenvalue weighted by atomic mass is 10.0. The minimum atomic E-state index is -0.522. The highest BCUT2D eigenvalue weighted by Gasteiger charge is 2.27. The van der Waals surface area contributed by atoms with Crippen molar-refractivity contribution in [3.05, 3.63) is 54.0 Å². The lowest BCUT2D eigenvalue weighted by Gasteiger charge is -2.24. The predicted octanol–water partition coefficient (Wildman–Crippen LogP) is 2.45. The van der Waals surface area contributed by atoms with E-state index < -0.39 is 6.03 Å². The summed E-state index contributed by atoms with van der Waals surface area (Å²) >= 11 is 0. The molecule has 2 heterocycles. The van der Waals surface area contributed by atoms with E-state index in [4.69, 9.17) is 9.15 Å². The summed E-state index contributed by atoms with van der Waals surface area (Å²) < 4.78 is 10.3. The Balaban J connectivity index is 1.49. The van der Waals surface area contributed by atoms with Crippen LogP contribution in [0.1, 0.15) is 30.2 Å². The van der Waals surface area contributed by atoms with Gasteiger partial charge in [0.15, 0.2) is 0 Å². The van der Waals surface area contributed by atoms with Crippen molar-refractivity contribution >= 4 is 11.9 Å². The molecule has 138 valence electrons. The zero-order valence-corrected chi connectivity index (χ0v) is 14.7. The van der Waals surface area contributed by atoms with E-state index >= 15 is 0 Å². The van der Waals surface area contributed by atoms with Gasteiger partial charge in [0, 0.05) is 6.04 Å². The van der Waals surface area contributed by atoms with E-state index in [1.807, 2.05) is 24.3 Å². The minimum absolute atomic E-state index is 0.179. The summed E-state index contributed by atoms with van der Waals surface area (Å²) in [7, 11) is 1.64. The maximum absolute atomic E-state index is 12.2. The van der Waals surface area contributed by atoms with E-state index in [-0.39, 0.29) is 25.0 Å². The fraction of sp³-hybridized carbons (Fsp3) is 0.368. The van der Waals surface area contributed by atoms with E-state index in [1.165, 1.54) is 6.26 Å². The number of likely N-dealkylation sites (tertiary alicyclic amines) is 1. The minimum Gasteiger partial charge on any atom is -0.497 e. The van der Waals surface area contributed by atoms with Crippen LogP contribution in [-0.2, 0) is 11.3 Å². The molecule has 0 spiro atoms. The zero-order valence-electron chi connectivity index (χ0n) is 14.7. The number of imide groups is 1. The van der Waals surface area contributed by atoms with Gasteiger partial charge in [0.05, 0.1) is 26.5 Å². The number of ether oxygens (including phenoxy) is 1. The third kappa shape index (κ3) is 4.64. The van der Waals surface area contributed by atoms with Gasteiger partial charge in [-0.2, -0.15) is 0 Å². The molecule has 1 saturated heterocycles. The Morgan fingerprint density at radius 1 is 1.27 bits per heavy atom. The molecule has 0 aliphatic carbocycles. The molecule has 7 nitrogen and oxygen atoms in total. The van der Waals surface area contributed by atoms with Gasteiger partial charge in [0.2, 0.25) is 5.91 Å². The zero-order chi connectivity index (χ0) is 18.4. The van der Waals surface area contributed by atoms with Crippen molar-refractivity contribution in [2.45, 2.75) is 25.4 Å². The van der Waals surface area contributed by atoms with Crippen molar-refractivity contribution < 1.29 is 18.7 Å². The van der Waals surface area contributed by atoms with E-state index in [1.54, 1.807) is 19.2 Å². The van der Waals surface area contributed by atoms with Gasteiger partial charge in [0.25, 0.3) is 0 Å². The van der Waals surface area contributed by atoms with Gasteiger partial charge in [0.1, 0.15) is 11.5 Å². The second-order valence-corrected chi connectivity index (χ2v) is 6.21. The van der Waals surface area contributed by atoms with E-state index in [9.17, 15) is 9.59 Å². The number of carbonyl (C=O) groups is 2. The first kappa shape index (κ1) is 18.0. The molecular formula is C19H23N3O4. The topological polar surface area (TPSA) is 83.8 Å². The summed E-state index contributed by atoms with van der Waals surface area (Å²) in [5, 5.41) is 4.97. The molecule has 1 fully saturated rings.